The van der Waals surface area contributed by atoms with Gasteiger partial charge >= 0.3 is 5.97 Å². The molecule has 0 aromatic rings. The Bertz CT molecular complexity index is 205. The zero-order valence-electron chi connectivity index (χ0n) is 8.32. The van der Waals surface area contributed by atoms with E-state index >= 15 is 0 Å². The highest BCUT2D eigenvalue weighted by molar-refractivity contribution is 5.70. The molecule has 0 radical (unpaired) electrons. The Hall–Kier alpha value is -0.610. The number of rotatable bonds is 2. The summed E-state index contributed by atoms with van der Waals surface area (Å²) in [5.41, 5.74) is 0. The summed E-state index contributed by atoms with van der Waals surface area (Å²) in [5.74, 6) is -0.749. The van der Waals surface area contributed by atoms with Gasteiger partial charge in [0.15, 0.2) is 0 Å². The topological polar surface area (TPSA) is 49.8 Å². The van der Waals surface area contributed by atoms with Crippen LogP contribution in [0.4, 0.5) is 0 Å². The van der Waals surface area contributed by atoms with E-state index in [4.69, 9.17) is 9.84 Å². The summed E-state index contributed by atoms with van der Waals surface area (Å²) in [4.78, 5) is 13.1. The van der Waals surface area contributed by atoms with Gasteiger partial charge in [0.1, 0.15) is 0 Å². The maximum absolute atomic E-state index is 10.7. The smallest absolute Gasteiger partial charge is 0.306 e. The van der Waals surface area contributed by atoms with Crippen LogP contribution in [-0.2, 0) is 9.53 Å². The first-order chi connectivity index (χ1) is 6.77. The number of aliphatic carboxylic acids is 1. The predicted molar refractivity (Wildman–Crippen MR) is 51.2 cm³/mol. The molecule has 1 N–H and O–H groups in total. The second-order valence-corrected chi connectivity index (χ2v) is 4.17. The van der Waals surface area contributed by atoms with Crippen molar-refractivity contribution >= 4 is 5.97 Å². The summed E-state index contributed by atoms with van der Waals surface area (Å²) in [6, 6.07) is 0.546. The minimum absolute atomic E-state index is 0.117. The molecule has 0 saturated carbocycles. The van der Waals surface area contributed by atoms with E-state index < -0.39 is 5.97 Å². The fraction of sp³-hybridized carbons (Fsp3) is 0.900. The van der Waals surface area contributed by atoms with Gasteiger partial charge in [0.2, 0.25) is 0 Å². The van der Waals surface area contributed by atoms with Crippen LogP contribution in [0, 0.1) is 5.92 Å². The molecule has 0 aromatic heterocycles. The Morgan fingerprint density at radius 3 is 2.50 bits per heavy atom. The molecule has 2 saturated heterocycles. The number of nitrogens with zero attached hydrogens (tertiary/aromatic N) is 1. The molecule has 0 bridgehead atoms. The van der Waals surface area contributed by atoms with Crippen LogP contribution in [0.25, 0.3) is 0 Å². The molecule has 2 heterocycles. The van der Waals surface area contributed by atoms with E-state index in [1.54, 1.807) is 0 Å². The predicted octanol–water partition coefficient (Wildman–Crippen LogP) is 0.572. The largest absolute Gasteiger partial charge is 0.481 e. The summed E-state index contributed by atoms with van der Waals surface area (Å²) >= 11 is 0. The molecule has 0 aromatic carbocycles. The van der Waals surface area contributed by atoms with Gasteiger partial charge in [0.25, 0.3) is 0 Å². The number of ether oxygens (including phenoxy) is 1. The summed E-state index contributed by atoms with van der Waals surface area (Å²) in [6.07, 6.45) is 2.70. The Morgan fingerprint density at radius 1 is 1.29 bits per heavy atom. The van der Waals surface area contributed by atoms with Crippen LogP contribution < -0.4 is 0 Å². The Balaban J connectivity index is 1.80. The summed E-state index contributed by atoms with van der Waals surface area (Å²) in [6.45, 7) is 3.54. The average Bonchev–Trinajstić information content (AvgIpc) is 2.71. The van der Waals surface area contributed by atoms with Crippen LogP contribution in [-0.4, -0.2) is 48.3 Å². The Kier molecular flexibility index (Phi) is 3.03. The summed E-state index contributed by atoms with van der Waals surface area (Å²) in [7, 11) is 0. The standard InChI is InChI=1S/C10H17NO3/c12-10(13)8-1-4-11(5-2-8)9-3-6-14-7-9/h8-9H,1-7H2,(H,12,13)/t9-/m1/s1. The number of likely N-dealkylation sites (tertiary alicyclic amines) is 1. The first-order valence-electron chi connectivity index (χ1n) is 5.32. The molecule has 0 unspecified atom stereocenters. The van der Waals surface area contributed by atoms with Crippen molar-refractivity contribution in [1.82, 2.24) is 4.90 Å². The molecule has 1 atom stereocenters. The van der Waals surface area contributed by atoms with E-state index in [2.05, 4.69) is 4.90 Å². The van der Waals surface area contributed by atoms with Crippen molar-refractivity contribution in [2.45, 2.75) is 25.3 Å². The van der Waals surface area contributed by atoms with Crippen molar-refractivity contribution in [2.75, 3.05) is 26.3 Å². The van der Waals surface area contributed by atoms with Gasteiger partial charge in [-0.2, -0.15) is 0 Å². The van der Waals surface area contributed by atoms with E-state index in [1.807, 2.05) is 0 Å². The molecule has 14 heavy (non-hydrogen) atoms. The minimum atomic E-state index is -0.632. The normalized spacial score (nSPS) is 30.7. The third-order valence-electron chi connectivity index (χ3n) is 3.30. The van der Waals surface area contributed by atoms with Gasteiger partial charge in [-0.05, 0) is 32.4 Å². The number of carboxylic acids is 1. The van der Waals surface area contributed by atoms with E-state index in [0.29, 0.717) is 6.04 Å². The van der Waals surface area contributed by atoms with Gasteiger partial charge in [0.05, 0.1) is 12.5 Å². The minimum Gasteiger partial charge on any atom is -0.481 e. The number of carboxylic acid groups (broad SMARTS) is 1. The lowest BCUT2D eigenvalue weighted by atomic mass is 9.96. The number of hydrogen-bond donors (Lipinski definition) is 1. The van der Waals surface area contributed by atoms with Gasteiger partial charge in [-0.15, -0.1) is 0 Å². The van der Waals surface area contributed by atoms with Crippen LogP contribution in [0.15, 0.2) is 0 Å². The van der Waals surface area contributed by atoms with Crippen molar-refractivity contribution < 1.29 is 14.6 Å². The molecule has 2 rings (SSSR count). The molecular formula is C10H17NO3. The van der Waals surface area contributed by atoms with Crippen molar-refractivity contribution in [3.8, 4) is 0 Å². The highest BCUT2D eigenvalue weighted by Crippen LogP contribution is 2.22. The van der Waals surface area contributed by atoms with Crippen LogP contribution >= 0.6 is 0 Å². The Labute approximate surface area is 83.8 Å². The monoisotopic (exact) mass is 199 g/mol. The number of piperidine rings is 1. The lowest BCUT2D eigenvalue weighted by Crippen LogP contribution is -2.43. The first kappa shape index (κ1) is 9.93. The molecule has 0 aliphatic carbocycles. The third kappa shape index (κ3) is 2.07. The molecule has 0 spiro atoms. The lowest BCUT2D eigenvalue weighted by molar-refractivity contribution is -0.143. The number of hydrogen-bond acceptors (Lipinski definition) is 3. The molecular weight excluding hydrogens is 182 g/mol. The highest BCUT2D eigenvalue weighted by Gasteiger charge is 2.29. The summed E-state index contributed by atoms with van der Waals surface area (Å²) < 4.78 is 5.33. The van der Waals surface area contributed by atoms with Gasteiger partial charge in [-0.1, -0.05) is 0 Å². The molecule has 2 fully saturated rings. The third-order valence-corrected chi connectivity index (χ3v) is 3.30. The molecule has 4 nitrogen and oxygen atoms in total. The van der Waals surface area contributed by atoms with Gasteiger partial charge < -0.3 is 9.84 Å². The summed E-state index contributed by atoms with van der Waals surface area (Å²) in [5, 5.41) is 8.85. The average molecular weight is 199 g/mol. The van der Waals surface area contributed by atoms with Crippen LogP contribution in [0.5, 0.6) is 0 Å². The molecule has 4 heteroatoms. The molecule has 2 aliphatic heterocycles. The van der Waals surface area contributed by atoms with Crippen LogP contribution in [0.1, 0.15) is 19.3 Å². The maximum atomic E-state index is 10.7. The van der Waals surface area contributed by atoms with Crippen molar-refractivity contribution in [3.63, 3.8) is 0 Å². The quantitative estimate of drug-likeness (QED) is 0.706. The SMILES string of the molecule is O=C(O)C1CCN([C@@H]2CCOC2)CC1. The second-order valence-electron chi connectivity index (χ2n) is 4.17. The molecule has 2 aliphatic rings. The fourth-order valence-electron chi connectivity index (χ4n) is 2.32. The van der Waals surface area contributed by atoms with Crippen LogP contribution in [0.2, 0.25) is 0 Å². The molecule has 0 amide bonds. The lowest BCUT2D eigenvalue weighted by Gasteiger charge is -2.33. The van der Waals surface area contributed by atoms with E-state index in [-0.39, 0.29) is 5.92 Å². The van der Waals surface area contributed by atoms with Crippen molar-refractivity contribution in [3.05, 3.63) is 0 Å². The van der Waals surface area contributed by atoms with E-state index in [9.17, 15) is 4.79 Å². The van der Waals surface area contributed by atoms with E-state index in [0.717, 1.165) is 45.6 Å². The maximum Gasteiger partial charge on any atom is 0.306 e. The van der Waals surface area contributed by atoms with Crippen LogP contribution in [0.3, 0.4) is 0 Å². The second kappa shape index (κ2) is 4.28. The Morgan fingerprint density at radius 2 is 2.00 bits per heavy atom. The molecule has 80 valence electrons. The number of carbonyl (C=O) groups is 1. The zero-order valence-corrected chi connectivity index (χ0v) is 8.32. The van der Waals surface area contributed by atoms with Gasteiger partial charge in [-0.25, -0.2) is 0 Å². The fourth-order valence-corrected chi connectivity index (χ4v) is 2.32. The van der Waals surface area contributed by atoms with Crippen molar-refractivity contribution in [2.24, 2.45) is 5.92 Å². The zero-order chi connectivity index (χ0) is 9.97. The van der Waals surface area contributed by atoms with Crippen molar-refractivity contribution in [1.29, 1.82) is 0 Å². The van der Waals surface area contributed by atoms with Gasteiger partial charge in [0, 0.05) is 12.6 Å². The van der Waals surface area contributed by atoms with E-state index in [1.165, 1.54) is 0 Å². The highest BCUT2D eigenvalue weighted by atomic mass is 16.5. The van der Waals surface area contributed by atoms with Gasteiger partial charge in [-0.3, -0.25) is 9.69 Å². The first-order valence-corrected chi connectivity index (χ1v) is 5.32.